The smallest absolute Gasteiger partial charge is 0.263 e. The molecule has 1 N–H and O–H groups in total. The number of rotatable bonds is 8. The Morgan fingerprint density at radius 2 is 1.02 bits per heavy atom. The minimum atomic E-state index is -2.64. The van der Waals surface area contributed by atoms with Crippen molar-refractivity contribution in [1.29, 1.82) is 0 Å². The Balaban J connectivity index is 0.000000270. The second-order valence-corrected chi connectivity index (χ2v) is 15.3. The highest BCUT2D eigenvalue weighted by atomic mass is 35.5. The summed E-state index contributed by atoms with van der Waals surface area (Å²) >= 11 is 6.00. The molecular formula is C44H53ClF6O. The number of alkyl halides is 5. The van der Waals surface area contributed by atoms with Gasteiger partial charge in [0.1, 0.15) is 11.6 Å². The minimum absolute atomic E-state index is 0. The fourth-order valence-electron chi connectivity index (χ4n) is 8.05. The highest BCUT2D eigenvalue weighted by Crippen LogP contribution is 2.53. The molecule has 0 saturated heterocycles. The summed E-state index contributed by atoms with van der Waals surface area (Å²) in [5, 5.41) is 9.49. The van der Waals surface area contributed by atoms with Crippen LogP contribution >= 0.6 is 11.6 Å². The highest BCUT2D eigenvalue weighted by Gasteiger charge is 2.38. The van der Waals surface area contributed by atoms with E-state index in [1.807, 2.05) is 24.3 Å². The van der Waals surface area contributed by atoms with Crippen molar-refractivity contribution in [3.05, 3.63) is 118 Å². The molecule has 8 heteroatoms. The van der Waals surface area contributed by atoms with Gasteiger partial charge in [-0.05, 0) is 106 Å². The molecule has 0 unspecified atom stereocenters. The molecule has 1 nitrogen and oxygen atoms in total. The predicted molar refractivity (Wildman–Crippen MR) is 203 cm³/mol. The van der Waals surface area contributed by atoms with Crippen molar-refractivity contribution in [2.45, 2.75) is 118 Å². The third-order valence-electron chi connectivity index (χ3n) is 10.9. The van der Waals surface area contributed by atoms with Crippen LogP contribution in [0.1, 0.15) is 139 Å². The SMILES string of the molecule is C.C.CC1(C)CCC[C@H]1c1cc(CCl)ccc1-c1cc(C(F)F)ccc1F.CC1(C)CCC[C@H]1c1cc(CO)ccc1-c1cc(C(F)F)ccc1F. The maximum atomic E-state index is 14.5. The molecular weight excluding hydrogens is 694 g/mol. The van der Waals surface area contributed by atoms with Crippen molar-refractivity contribution in [2.75, 3.05) is 0 Å². The second kappa shape index (κ2) is 17.7. The van der Waals surface area contributed by atoms with Crippen LogP contribution in [0.15, 0.2) is 72.8 Å². The normalized spacial score (nSPS) is 18.8. The zero-order valence-electron chi connectivity index (χ0n) is 29.0. The van der Waals surface area contributed by atoms with Gasteiger partial charge in [-0.2, -0.15) is 0 Å². The first kappa shape index (κ1) is 43.1. The Morgan fingerprint density at radius 3 is 1.37 bits per heavy atom. The van der Waals surface area contributed by atoms with Crippen molar-refractivity contribution in [1.82, 2.24) is 0 Å². The summed E-state index contributed by atoms with van der Waals surface area (Å²) < 4.78 is 81.3. The number of hydrogen-bond donors (Lipinski definition) is 1. The lowest BCUT2D eigenvalue weighted by Gasteiger charge is -2.30. The van der Waals surface area contributed by atoms with Gasteiger partial charge in [-0.3, -0.25) is 0 Å². The van der Waals surface area contributed by atoms with Gasteiger partial charge in [0, 0.05) is 28.1 Å². The van der Waals surface area contributed by atoms with E-state index in [1.54, 1.807) is 12.1 Å². The fraction of sp³-hybridized carbons (Fsp3) is 0.455. The average molecular weight is 747 g/mol. The summed E-state index contributed by atoms with van der Waals surface area (Å²) in [4.78, 5) is 0. The van der Waals surface area contributed by atoms with Crippen LogP contribution in [-0.2, 0) is 12.5 Å². The zero-order chi connectivity index (χ0) is 36.4. The molecule has 284 valence electrons. The first-order chi connectivity index (χ1) is 23.7. The average Bonchev–Trinajstić information content (AvgIpc) is 3.63. The molecule has 0 heterocycles. The van der Waals surface area contributed by atoms with Crippen molar-refractivity contribution in [2.24, 2.45) is 10.8 Å². The highest BCUT2D eigenvalue weighted by molar-refractivity contribution is 6.17. The van der Waals surface area contributed by atoms with Crippen molar-refractivity contribution < 1.29 is 31.4 Å². The monoisotopic (exact) mass is 746 g/mol. The van der Waals surface area contributed by atoms with Crippen molar-refractivity contribution in [3.63, 3.8) is 0 Å². The summed E-state index contributed by atoms with van der Waals surface area (Å²) in [6.45, 7) is 8.71. The maximum absolute atomic E-state index is 14.5. The van der Waals surface area contributed by atoms with Gasteiger partial charge in [0.15, 0.2) is 0 Å². The number of halogens is 7. The van der Waals surface area contributed by atoms with E-state index < -0.39 is 24.5 Å². The van der Waals surface area contributed by atoms with E-state index in [-0.39, 0.29) is 66.4 Å². The van der Waals surface area contributed by atoms with Gasteiger partial charge in [0.25, 0.3) is 12.9 Å². The van der Waals surface area contributed by atoms with Crippen LogP contribution < -0.4 is 0 Å². The van der Waals surface area contributed by atoms with Gasteiger partial charge in [-0.25, -0.2) is 26.3 Å². The summed E-state index contributed by atoms with van der Waals surface area (Å²) in [6, 6.07) is 18.1. The quantitative estimate of drug-likeness (QED) is 0.141. The third kappa shape index (κ3) is 9.25. The van der Waals surface area contributed by atoms with E-state index in [0.717, 1.165) is 85.0 Å². The van der Waals surface area contributed by atoms with Crippen LogP contribution in [0.4, 0.5) is 26.3 Å². The van der Waals surface area contributed by atoms with Crippen LogP contribution in [0.3, 0.4) is 0 Å². The molecule has 0 aliphatic heterocycles. The molecule has 52 heavy (non-hydrogen) atoms. The number of hydrogen-bond acceptors (Lipinski definition) is 1. The Bertz CT molecular complexity index is 1670. The van der Waals surface area contributed by atoms with E-state index in [4.69, 9.17) is 11.6 Å². The van der Waals surface area contributed by atoms with Crippen LogP contribution in [0.5, 0.6) is 0 Å². The van der Waals surface area contributed by atoms with Gasteiger partial charge in [0.05, 0.1) is 6.61 Å². The molecule has 0 aromatic heterocycles. The van der Waals surface area contributed by atoms with E-state index in [9.17, 15) is 31.4 Å². The molecule has 2 atom stereocenters. The number of benzene rings is 4. The van der Waals surface area contributed by atoms with Gasteiger partial charge >= 0.3 is 0 Å². The summed E-state index contributed by atoms with van der Waals surface area (Å²) in [6.07, 6.45) is 1.10. The molecule has 2 saturated carbocycles. The Hall–Kier alpha value is -3.29. The van der Waals surface area contributed by atoms with Crippen molar-refractivity contribution in [3.8, 4) is 22.3 Å². The van der Waals surface area contributed by atoms with Crippen LogP contribution in [-0.4, -0.2) is 5.11 Å². The molecule has 4 aromatic carbocycles. The molecule has 0 bridgehead atoms. The fourth-order valence-corrected chi connectivity index (χ4v) is 8.22. The van der Waals surface area contributed by atoms with Crippen molar-refractivity contribution >= 4 is 11.6 Å². The van der Waals surface area contributed by atoms with E-state index in [2.05, 4.69) is 27.7 Å². The van der Waals surface area contributed by atoms with Crippen LogP contribution in [0.2, 0.25) is 0 Å². The third-order valence-corrected chi connectivity index (χ3v) is 11.2. The summed E-state index contributed by atoms with van der Waals surface area (Å²) in [5.74, 6) is -0.123. The molecule has 2 aliphatic carbocycles. The lowest BCUT2D eigenvalue weighted by atomic mass is 9.75. The summed E-state index contributed by atoms with van der Waals surface area (Å²) in [5.41, 5.74) is 5.30. The largest absolute Gasteiger partial charge is 0.392 e. The molecule has 6 rings (SSSR count). The Morgan fingerprint density at radius 1 is 0.615 bits per heavy atom. The molecule has 2 fully saturated rings. The molecule has 0 radical (unpaired) electrons. The zero-order valence-corrected chi connectivity index (χ0v) is 29.7. The topological polar surface area (TPSA) is 20.2 Å². The lowest BCUT2D eigenvalue weighted by Crippen LogP contribution is -2.16. The lowest BCUT2D eigenvalue weighted by molar-refractivity contribution is 0.151. The van der Waals surface area contributed by atoms with Gasteiger partial charge < -0.3 is 5.11 Å². The first-order valence-corrected chi connectivity index (χ1v) is 17.8. The molecule has 0 amide bonds. The molecule has 4 aromatic rings. The number of aliphatic hydroxyl groups excluding tert-OH is 1. The minimum Gasteiger partial charge on any atom is -0.392 e. The van der Waals surface area contributed by atoms with Gasteiger partial charge in [0.2, 0.25) is 0 Å². The van der Waals surface area contributed by atoms with E-state index in [1.165, 1.54) is 12.1 Å². The molecule has 2 aliphatic rings. The predicted octanol–water partition coefficient (Wildman–Crippen LogP) is 15.0. The number of aliphatic hydroxyl groups is 1. The summed E-state index contributed by atoms with van der Waals surface area (Å²) in [7, 11) is 0. The Kier molecular flexibility index (Phi) is 14.7. The second-order valence-electron chi connectivity index (χ2n) is 15.1. The van der Waals surface area contributed by atoms with E-state index >= 15 is 0 Å². The first-order valence-electron chi connectivity index (χ1n) is 17.2. The van der Waals surface area contributed by atoms with Crippen LogP contribution in [0.25, 0.3) is 22.3 Å². The van der Waals surface area contributed by atoms with Gasteiger partial charge in [-0.1, -0.05) is 104 Å². The van der Waals surface area contributed by atoms with Gasteiger partial charge in [-0.15, -0.1) is 11.6 Å². The van der Waals surface area contributed by atoms with Crippen LogP contribution in [0, 0.1) is 22.5 Å². The standard InChI is InChI=1S/C21H22ClF3.C21H23F3O.2CH4/c1-21(2)9-3-4-18(21)16-10-13(12-22)5-7-15(16)17-11-14(20(24)25)6-8-19(17)23;1-21(2)9-3-4-18(21)16-10-13(12-25)5-7-15(16)17-11-14(20(23)24)6-8-19(17)22;;/h5-8,10-11,18,20H,3-4,9,12H2,1-2H3;5-8,10-11,18,20,25H,3-4,9,12H2,1-2H3;2*1H4/t2*18-;;/m00../s1. The Labute approximate surface area is 311 Å². The van der Waals surface area contributed by atoms with E-state index in [0.29, 0.717) is 17.0 Å². The molecule has 0 spiro atoms. The maximum Gasteiger partial charge on any atom is 0.263 e.